The van der Waals surface area contributed by atoms with Crippen LogP contribution in [0.5, 0.6) is 0 Å². The molecule has 1 aromatic heterocycles. The fourth-order valence-corrected chi connectivity index (χ4v) is 3.13. The van der Waals surface area contributed by atoms with E-state index in [0.717, 1.165) is 36.1 Å². The second-order valence-electron chi connectivity index (χ2n) is 5.64. The van der Waals surface area contributed by atoms with E-state index in [1.54, 1.807) is 0 Å². The van der Waals surface area contributed by atoms with Gasteiger partial charge in [0.15, 0.2) is 0 Å². The Morgan fingerprint density at radius 3 is 2.71 bits per heavy atom. The van der Waals surface area contributed by atoms with Crippen molar-refractivity contribution < 1.29 is 0 Å². The van der Waals surface area contributed by atoms with E-state index in [2.05, 4.69) is 18.0 Å². The van der Waals surface area contributed by atoms with Crippen molar-refractivity contribution >= 4 is 17.4 Å². The molecule has 106 valence electrons. The summed E-state index contributed by atoms with van der Waals surface area (Å²) < 4.78 is 0. The number of hydrogen-bond acceptors (Lipinski definition) is 3. The summed E-state index contributed by atoms with van der Waals surface area (Å²) in [7, 11) is 0. The van der Waals surface area contributed by atoms with Crippen LogP contribution in [0.3, 0.4) is 0 Å². The highest BCUT2D eigenvalue weighted by molar-refractivity contribution is 6.30. The van der Waals surface area contributed by atoms with E-state index in [1.165, 1.54) is 5.56 Å². The number of anilines is 1. The molecule has 1 unspecified atom stereocenters. The third kappa shape index (κ3) is 2.48. The lowest BCUT2D eigenvalue weighted by Crippen LogP contribution is -2.16. The fourth-order valence-electron chi connectivity index (χ4n) is 3.00. The molecule has 1 aliphatic carbocycles. The first-order valence-corrected chi connectivity index (χ1v) is 7.45. The van der Waals surface area contributed by atoms with Crippen LogP contribution in [0.1, 0.15) is 30.2 Å². The minimum atomic E-state index is 0.329. The highest BCUT2D eigenvalue weighted by Gasteiger charge is 2.24. The molecule has 2 aromatic rings. The number of rotatable bonds is 1. The predicted molar refractivity (Wildman–Crippen MR) is 85.0 cm³/mol. The summed E-state index contributed by atoms with van der Waals surface area (Å²) in [4.78, 5) is 4.45. The molecule has 0 aliphatic heterocycles. The van der Waals surface area contributed by atoms with E-state index in [9.17, 15) is 5.26 Å². The summed E-state index contributed by atoms with van der Waals surface area (Å²) in [6.45, 7) is 2.23. The van der Waals surface area contributed by atoms with Crippen molar-refractivity contribution in [1.29, 1.82) is 5.26 Å². The van der Waals surface area contributed by atoms with Crippen molar-refractivity contribution in [3.05, 3.63) is 46.1 Å². The van der Waals surface area contributed by atoms with Crippen LogP contribution in [-0.4, -0.2) is 4.98 Å². The third-order valence-electron chi connectivity index (χ3n) is 4.08. The molecule has 1 aromatic carbocycles. The van der Waals surface area contributed by atoms with Crippen molar-refractivity contribution in [3.63, 3.8) is 0 Å². The topological polar surface area (TPSA) is 62.7 Å². The molecule has 0 radical (unpaired) electrons. The van der Waals surface area contributed by atoms with E-state index in [4.69, 9.17) is 17.3 Å². The summed E-state index contributed by atoms with van der Waals surface area (Å²) in [6.07, 6.45) is 2.98. The first-order chi connectivity index (χ1) is 10.1. The summed E-state index contributed by atoms with van der Waals surface area (Å²) in [5.41, 5.74) is 10.6. The number of nitrogens with zero attached hydrogens (tertiary/aromatic N) is 2. The Balaban J connectivity index is 2.28. The molecule has 3 rings (SSSR count). The lowest BCUT2D eigenvalue weighted by atomic mass is 9.82. The Kier molecular flexibility index (Phi) is 3.57. The van der Waals surface area contributed by atoms with Gasteiger partial charge in [0.1, 0.15) is 17.5 Å². The highest BCUT2D eigenvalue weighted by atomic mass is 35.5. The summed E-state index contributed by atoms with van der Waals surface area (Å²) in [6, 6.07) is 9.79. The second-order valence-corrected chi connectivity index (χ2v) is 6.08. The SMILES string of the molecule is CC1CCc2nc(N)c(C#N)c(-c3ccc(Cl)cc3)c2C1. The molecule has 0 fully saturated rings. The molecule has 0 spiro atoms. The average molecular weight is 298 g/mol. The number of nitrogen functional groups attached to an aromatic ring is 1. The van der Waals surface area contributed by atoms with Gasteiger partial charge in [0, 0.05) is 16.3 Å². The number of aromatic nitrogens is 1. The van der Waals surface area contributed by atoms with Gasteiger partial charge in [-0.25, -0.2) is 4.98 Å². The molecule has 0 saturated carbocycles. The van der Waals surface area contributed by atoms with Gasteiger partial charge >= 0.3 is 0 Å². The Bertz CT molecular complexity index is 729. The maximum Gasteiger partial charge on any atom is 0.142 e. The molecular weight excluding hydrogens is 282 g/mol. The number of pyridine rings is 1. The predicted octanol–water partition coefficient (Wildman–Crippen LogP) is 3.98. The van der Waals surface area contributed by atoms with E-state index in [0.29, 0.717) is 22.3 Å². The Labute approximate surface area is 129 Å². The lowest BCUT2D eigenvalue weighted by Gasteiger charge is -2.25. The minimum Gasteiger partial charge on any atom is -0.383 e. The maximum absolute atomic E-state index is 9.49. The largest absolute Gasteiger partial charge is 0.383 e. The van der Waals surface area contributed by atoms with Crippen molar-refractivity contribution in [2.24, 2.45) is 5.92 Å². The van der Waals surface area contributed by atoms with Crippen molar-refractivity contribution in [1.82, 2.24) is 4.98 Å². The monoisotopic (exact) mass is 297 g/mol. The van der Waals surface area contributed by atoms with Gasteiger partial charge in [-0.05, 0) is 48.4 Å². The molecule has 0 amide bonds. The number of nitrogens with two attached hydrogens (primary N) is 1. The lowest BCUT2D eigenvalue weighted by molar-refractivity contribution is 0.495. The summed E-state index contributed by atoms with van der Waals surface area (Å²) in [5, 5.41) is 10.2. The molecule has 21 heavy (non-hydrogen) atoms. The molecule has 0 bridgehead atoms. The number of aryl methyl sites for hydroxylation is 1. The zero-order chi connectivity index (χ0) is 15.0. The van der Waals surface area contributed by atoms with Crippen LogP contribution in [-0.2, 0) is 12.8 Å². The zero-order valence-corrected chi connectivity index (χ0v) is 12.6. The molecule has 1 atom stereocenters. The molecule has 4 heteroatoms. The smallest absolute Gasteiger partial charge is 0.142 e. The molecule has 1 heterocycles. The van der Waals surface area contributed by atoms with Crippen LogP contribution >= 0.6 is 11.6 Å². The van der Waals surface area contributed by atoms with Gasteiger partial charge < -0.3 is 5.73 Å². The standard InChI is InChI=1S/C17H16ClN3/c1-10-2-7-15-13(8-10)16(14(9-19)17(20)21-15)11-3-5-12(18)6-4-11/h3-6,10H,2,7-8H2,1H3,(H2,20,21). The van der Waals surface area contributed by atoms with Crippen molar-refractivity contribution in [3.8, 4) is 17.2 Å². The normalized spacial score (nSPS) is 17.1. The average Bonchev–Trinajstić information content (AvgIpc) is 2.47. The molecule has 1 aliphatic rings. The van der Waals surface area contributed by atoms with Crippen LogP contribution in [0.4, 0.5) is 5.82 Å². The van der Waals surface area contributed by atoms with Crippen LogP contribution in [0.2, 0.25) is 5.02 Å². The first kappa shape index (κ1) is 13.9. The van der Waals surface area contributed by atoms with Gasteiger partial charge in [-0.15, -0.1) is 0 Å². The molecule has 2 N–H and O–H groups in total. The number of halogens is 1. The number of benzene rings is 1. The Hall–Kier alpha value is -2.05. The van der Waals surface area contributed by atoms with E-state index in [-0.39, 0.29) is 0 Å². The van der Waals surface area contributed by atoms with Gasteiger partial charge in [0.05, 0.1) is 0 Å². The van der Waals surface area contributed by atoms with Crippen LogP contribution in [0, 0.1) is 17.2 Å². The van der Waals surface area contributed by atoms with Gasteiger partial charge in [-0.1, -0.05) is 30.7 Å². The minimum absolute atomic E-state index is 0.329. The van der Waals surface area contributed by atoms with Gasteiger partial charge in [-0.2, -0.15) is 5.26 Å². The van der Waals surface area contributed by atoms with E-state index < -0.39 is 0 Å². The third-order valence-corrected chi connectivity index (χ3v) is 4.33. The van der Waals surface area contributed by atoms with Gasteiger partial charge in [0.25, 0.3) is 0 Å². The summed E-state index contributed by atoms with van der Waals surface area (Å²) >= 11 is 5.97. The first-order valence-electron chi connectivity index (χ1n) is 7.07. The Morgan fingerprint density at radius 1 is 1.33 bits per heavy atom. The van der Waals surface area contributed by atoms with Gasteiger partial charge in [0.2, 0.25) is 0 Å². The quantitative estimate of drug-likeness (QED) is 0.866. The van der Waals surface area contributed by atoms with Crippen LogP contribution in [0.15, 0.2) is 24.3 Å². The number of hydrogen-bond donors (Lipinski definition) is 1. The fraction of sp³-hybridized carbons (Fsp3) is 0.294. The van der Waals surface area contributed by atoms with E-state index >= 15 is 0 Å². The molecule has 3 nitrogen and oxygen atoms in total. The maximum atomic E-state index is 9.49. The highest BCUT2D eigenvalue weighted by Crippen LogP contribution is 2.37. The number of nitriles is 1. The second kappa shape index (κ2) is 5.38. The molecular formula is C17H16ClN3. The Morgan fingerprint density at radius 2 is 2.05 bits per heavy atom. The zero-order valence-electron chi connectivity index (χ0n) is 11.9. The van der Waals surface area contributed by atoms with Crippen LogP contribution < -0.4 is 5.73 Å². The van der Waals surface area contributed by atoms with E-state index in [1.807, 2.05) is 24.3 Å². The van der Waals surface area contributed by atoms with Crippen molar-refractivity contribution in [2.45, 2.75) is 26.2 Å². The van der Waals surface area contributed by atoms with Gasteiger partial charge in [-0.3, -0.25) is 0 Å². The molecule has 0 saturated heterocycles. The number of fused-ring (bicyclic) bond motifs is 1. The summed E-state index contributed by atoms with van der Waals surface area (Å²) in [5.74, 6) is 0.927. The van der Waals surface area contributed by atoms with Crippen LogP contribution in [0.25, 0.3) is 11.1 Å². The van der Waals surface area contributed by atoms with Crippen molar-refractivity contribution in [2.75, 3.05) is 5.73 Å².